The van der Waals surface area contributed by atoms with Crippen LogP contribution in [-0.2, 0) is 4.74 Å². The first kappa shape index (κ1) is 16.7. The van der Waals surface area contributed by atoms with E-state index in [1.54, 1.807) is 24.0 Å². The summed E-state index contributed by atoms with van der Waals surface area (Å²) in [6.07, 6.45) is 0.336. The molecular weight excluding hydrogens is 285 g/mol. The van der Waals surface area contributed by atoms with Crippen molar-refractivity contribution in [2.75, 3.05) is 0 Å². The number of nitrogens with zero attached hydrogens (tertiary/aromatic N) is 1. The lowest BCUT2D eigenvalue weighted by molar-refractivity contribution is -0.00164. The van der Waals surface area contributed by atoms with Crippen molar-refractivity contribution in [2.24, 2.45) is 0 Å². The molecule has 1 aromatic carbocycles. The second-order valence-electron chi connectivity index (χ2n) is 6.84. The highest BCUT2D eigenvalue weighted by molar-refractivity contribution is 5.70. The van der Waals surface area contributed by atoms with Gasteiger partial charge in [-0.15, -0.1) is 0 Å². The molecule has 5 heteroatoms. The summed E-state index contributed by atoms with van der Waals surface area (Å²) in [6.45, 7) is 7.11. The van der Waals surface area contributed by atoms with Gasteiger partial charge in [0.25, 0.3) is 0 Å². The number of hydrogen-bond donors (Lipinski definition) is 1. The fourth-order valence-corrected chi connectivity index (χ4v) is 2.90. The zero-order valence-electron chi connectivity index (χ0n) is 13.5. The first-order valence-corrected chi connectivity index (χ1v) is 7.64. The standard InChI is InChI=1S/C17H24FNO3/c1-11(20)14-9-10-15(12-5-7-13(18)8-6-12)19(14)16(21)22-17(2,3)4/h5-8,11,14-15,20H,9-10H2,1-4H3/t11-,14-,15-/m1/s1. The van der Waals surface area contributed by atoms with Crippen molar-refractivity contribution in [3.8, 4) is 0 Å². The molecule has 0 bridgehead atoms. The minimum absolute atomic E-state index is 0.199. The van der Waals surface area contributed by atoms with Crippen molar-refractivity contribution in [2.45, 2.75) is 64.3 Å². The topological polar surface area (TPSA) is 49.8 Å². The van der Waals surface area contributed by atoms with Crippen LogP contribution in [0.2, 0.25) is 0 Å². The van der Waals surface area contributed by atoms with Gasteiger partial charge >= 0.3 is 6.09 Å². The van der Waals surface area contributed by atoms with Crippen molar-refractivity contribution < 1.29 is 19.0 Å². The van der Waals surface area contributed by atoms with Crippen LogP contribution in [0.15, 0.2) is 24.3 Å². The van der Waals surface area contributed by atoms with E-state index in [2.05, 4.69) is 0 Å². The van der Waals surface area contributed by atoms with Gasteiger partial charge in [0.05, 0.1) is 18.2 Å². The molecule has 0 saturated carbocycles. The molecule has 0 aliphatic carbocycles. The van der Waals surface area contributed by atoms with Gasteiger partial charge in [0.2, 0.25) is 0 Å². The van der Waals surface area contributed by atoms with Gasteiger partial charge in [0, 0.05) is 0 Å². The predicted octanol–water partition coefficient (Wildman–Crippen LogP) is 3.65. The zero-order chi connectivity index (χ0) is 16.5. The lowest BCUT2D eigenvalue weighted by atomic mass is 10.0. The van der Waals surface area contributed by atoms with E-state index in [4.69, 9.17) is 4.74 Å². The first-order chi connectivity index (χ1) is 10.2. The molecular formula is C17H24FNO3. The van der Waals surface area contributed by atoms with Crippen LogP contribution in [0, 0.1) is 5.82 Å². The van der Waals surface area contributed by atoms with Gasteiger partial charge in [0.1, 0.15) is 11.4 Å². The molecule has 0 aromatic heterocycles. The highest BCUT2D eigenvalue weighted by Crippen LogP contribution is 2.38. The van der Waals surface area contributed by atoms with Gasteiger partial charge in [-0.2, -0.15) is 0 Å². The molecule has 1 fully saturated rings. The minimum Gasteiger partial charge on any atom is -0.444 e. The summed E-state index contributed by atoms with van der Waals surface area (Å²) in [5, 5.41) is 9.97. The Kier molecular flexibility index (Phi) is 4.75. The Morgan fingerprint density at radius 1 is 1.32 bits per heavy atom. The zero-order valence-corrected chi connectivity index (χ0v) is 13.5. The van der Waals surface area contributed by atoms with Crippen molar-refractivity contribution in [3.05, 3.63) is 35.6 Å². The van der Waals surface area contributed by atoms with E-state index in [1.165, 1.54) is 12.1 Å². The SMILES string of the molecule is C[C@@H](O)[C@H]1CC[C@H](c2ccc(F)cc2)N1C(=O)OC(C)(C)C. The number of halogens is 1. The van der Waals surface area contributed by atoms with E-state index < -0.39 is 17.8 Å². The number of aliphatic hydroxyl groups is 1. The summed E-state index contributed by atoms with van der Waals surface area (Å²) < 4.78 is 18.6. The normalized spacial score (nSPS) is 23.5. The molecule has 1 aliphatic rings. The van der Waals surface area contributed by atoms with Crippen molar-refractivity contribution in [1.82, 2.24) is 4.90 Å². The second kappa shape index (κ2) is 6.24. The molecule has 1 aromatic rings. The third-order valence-corrected chi connectivity index (χ3v) is 3.84. The molecule has 0 unspecified atom stereocenters. The number of amides is 1. The number of likely N-dealkylation sites (tertiary alicyclic amines) is 1. The Balaban J connectivity index is 2.28. The maximum absolute atomic E-state index is 13.1. The molecule has 0 radical (unpaired) electrons. The maximum Gasteiger partial charge on any atom is 0.411 e. The van der Waals surface area contributed by atoms with Crippen LogP contribution in [-0.4, -0.2) is 33.8 Å². The lowest BCUT2D eigenvalue weighted by Gasteiger charge is -2.34. The molecule has 1 amide bonds. The van der Waals surface area contributed by atoms with E-state index in [0.717, 1.165) is 12.0 Å². The predicted molar refractivity (Wildman–Crippen MR) is 81.9 cm³/mol. The number of rotatable bonds is 2. The molecule has 0 spiro atoms. The summed E-state index contributed by atoms with van der Waals surface area (Å²) in [5.74, 6) is -0.308. The molecule has 1 heterocycles. The molecule has 22 heavy (non-hydrogen) atoms. The Bertz CT molecular complexity index is 522. The molecule has 122 valence electrons. The van der Waals surface area contributed by atoms with Crippen LogP contribution >= 0.6 is 0 Å². The first-order valence-electron chi connectivity index (χ1n) is 7.64. The number of ether oxygens (including phenoxy) is 1. The minimum atomic E-state index is -0.641. The van der Waals surface area contributed by atoms with E-state index in [0.29, 0.717) is 6.42 Å². The molecule has 3 atom stereocenters. The van der Waals surface area contributed by atoms with Crippen LogP contribution < -0.4 is 0 Å². The van der Waals surface area contributed by atoms with E-state index in [9.17, 15) is 14.3 Å². The molecule has 1 N–H and O–H groups in total. The number of aliphatic hydroxyl groups excluding tert-OH is 1. The van der Waals surface area contributed by atoms with Crippen molar-refractivity contribution in [3.63, 3.8) is 0 Å². The van der Waals surface area contributed by atoms with E-state index >= 15 is 0 Å². The Labute approximate surface area is 130 Å². The lowest BCUT2D eigenvalue weighted by Crippen LogP contribution is -2.45. The van der Waals surface area contributed by atoms with Crippen LogP contribution in [0.25, 0.3) is 0 Å². The van der Waals surface area contributed by atoms with Crippen LogP contribution in [0.1, 0.15) is 52.1 Å². The molecule has 1 aliphatic heterocycles. The van der Waals surface area contributed by atoms with E-state index in [1.807, 2.05) is 20.8 Å². The number of benzene rings is 1. The highest BCUT2D eigenvalue weighted by atomic mass is 19.1. The number of carbonyl (C=O) groups excluding carboxylic acids is 1. The summed E-state index contributed by atoms with van der Waals surface area (Å²) in [4.78, 5) is 14.1. The average Bonchev–Trinajstić information content (AvgIpc) is 2.82. The van der Waals surface area contributed by atoms with Gasteiger partial charge in [-0.1, -0.05) is 12.1 Å². The summed E-state index contributed by atoms with van der Waals surface area (Å²) in [6, 6.07) is 5.65. The number of hydrogen-bond acceptors (Lipinski definition) is 3. The molecule has 1 saturated heterocycles. The fraction of sp³-hybridized carbons (Fsp3) is 0.588. The Hall–Kier alpha value is -1.62. The van der Waals surface area contributed by atoms with Crippen molar-refractivity contribution in [1.29, 1.82) is 0 Å². The fourth-order valence-electron chi connectivity index (χ4n) is 2.90. The third kappa shape index (κ3) is 3.77. The van der Waals surface area contributed by atoms with Crippen LogP contribution in [0.5, 0.6) is 0 Å². The molecule has 4 nitrogen and oxygen atoms in total. The number of carbonyl (C=O) groups is 1. The van der Waals surface area contributed by atoms with Gasteiger partial charge in [-0.3, -0.25) is 4.90 Å². The van der Waals surface area contributed by atoms with Crippen molar-refractivity contribution >= 4 is 6.09 Å². The Morgan fingerprint density at radius 3 is 2.41 bits per heavy atom. The van der Waals surface area contributed by atoms with Gasteiger partial charge in [-0.25, -0.2) is 9.18 Å². The largest absolute Gasteiger partial charge is 0.444 e. The van der Waals surface area contributed by atoms with E-state index in [-0.39, 0.29) is 17.9 Å². The van der Waals surface area contributed by atoms with Crippen LogP contribution in [0.4, 0.5) is 9.18 Å². The smallest absolute Gasteiger partial charge is 0.411 e. The average molecular weight is 309 g/mol. The quantitative estimate of drug-likeness (QED) is 0.907. The summed E-state index contributed by atoms with van der Waals surface area (Å²) >= 11 is 0. The maximum atomic E-state index is 13.1. The molecule has 2 rings (SSSR count). The monoisotopic (exact) mass is 309 g/mol. The van der Waals surface area contributed by atoms with Crippen LogP contribution in [0.3, 0.4) is 0 Å². The highest BCUT2D eigenvalue weighted by Gasteiger charge is 2.41. The summed E-state index contributed by atoms with van der Waals surface area (Å²) in [7, 11) is 0. The second-order valence-corrected chi connectivity index (χ2v) is 6.84. The van der Waals surface area contributed by atoms with Gasteiger partial charge < -0.3 is 9.84 Å². The third-order valence-electron chi connectivity index (χ3n) is 3.84. The summed E-state index contributed by atoms with van der Waals surface area (Å²) in [5.41, 5.74) is 0.256. The Morgan fingerprint density at radius 2 is 1.91 bits per heavy atom. The van der Waals surface area contributed by atoms with Gasteiger partial charge in [-0.05, 0) is 58.2 Å². The van der Waals surface area contributed by atoms with Gasteiger partial charge in [0.15, 0.2) is 0 Å².